The number of nitrogens with zero attached hydrogens (tertiary/aromatic N) is 5. The molecule has 9 nitrogen and oxygen atoms in total. The van der Waals surface area contributed by atoms with Crippen LogP contribution in [0.1, 0.15) is 55.4 Å². The number of hydrogen-bond acceptors (Lipinski definition) is 7. The summed E-state index contributed by atoms with van der Waals surface area (Å²) in [6, 6.07) is 4.56. The first kappa shape index (κ1) is 23.7. The number of carbonyl (C=O) groups is 2. The van der Waals surface area contributed by atoms with Crippen molar-refractivity contribution in [3.8, 4) is 5.75 Å². The molecule has 0 aliphatic carbocycles. The topological polar surface area (TPSA) is 90.9 Å². The minimum absolute atomic E-state index is 0.000781. The fraction of sp³-hybridized carbons (Fsp3) is 0.500. The van der Waals surface area contributed by atoms with E-state index >= 15 is 0 Å². The van der Waals surface area contributed by atoms with Gasteiger partial charge in [0.25, 0.3) is 5.91 Å². The Kier molecular flexibility index (Phi) is 6.58. The predicted molar refractivity (Wildman–Crippen MR) is 126 cm³/mol. The number of benzene rings is 1. The maximum Gasteiger partial charge on any atom is 0.273 e. The van der Waals surface area contributed by atoms with Crippen LogP contribution in [0.4, 0.5) is 16.2 Å². The number of halogens is 1. The predicted octanol–water partition coefficient (Wildman–Crippen LogP) is 2.83. The Morgan fingerprint density at radius 3 is 2.56 bits per heavy atom. The van der Waals surface area contributed by atoms with Crippen LogP contribution >= 0.6 is 0 Å². The maximum atomic E-state index is 14.5. The summed E-state index contributed by atoms with van der Waals surface area (Å²) < 4.78 is 19.7. The Labute approximate surface area is 198 Å². The number of carbonyl (C=O) groups excluding carboxylic acids is 2. The van der Waals surface area contributed by atoms with Crippen LogP contribution in [-0.2, 0) is 11.3 Å². The number of amides is 2. The van der Waals surface area contributed by atoms with Gasteiger partial charge in [-0.15, -0.1) is 0 Å². The second-order valence-corrected chi connectivity index (χ2v) is 8.95. The lowest BCUT2D eigenvalue weighted by Crippen LogP contribution is -2.49. The highest BCUT2D eigenvalue weighted by Crippen LogP contribution is 2.33. The molecule has 1 fully saturated rings. The van der Waals surface area contributed by atoms with Crippen molar-refractivity contribution in [2.75, 3.05) is 43.5 Å². The normalized spacial score (nSPS) is 16.9. The van der Waals surface area contributed by atoms with Gasteiger partial charge in [0.1, 0.15) is 11.5 Å². The van der Waals surface area contributed by atoms with Crippen LogP contribution in [0.3, 0.4) is 0 Å². The molecule has 34 heavy (non-hydrogen) atoms. The lowest BCUT2D eigenvalue weighted by molar-refractivity contribution is -0.129. The van der Waals surface area contributed by atoms with E-state index < -0.39 is 5.82 Å². The van der Waals surface area contributed by atoms with Gasteiger partial charge in [-0.2, -0.15) is 4.98 Å². The molecule has 1 aromatic carbocycles. The number of nitrogens with one attached hydrogen (secondary N) is 1. The third-order valence-electron chi connectivity index (χ3n) is 6.26. The highest BCUT2D eigenvalue weighted by Gasteiger charge is 2.36. The number of rotatable bonds is 7. The monoisotopic (exact) mass is 470 g/mol. The fourth-order valence-electron chi connectivity index (χ4n) is 4.13. The van der Waals surface area contributed by atoms with Gasteiger partial charge in [0.2, 0.25) is 11.9 Å². The number of fused-ring (bicyclic) bond motifs is 1. The molecule has 0 spiro atoms. The Hall–Kier alpha value is -3.43. The summed E-state index contributed by atoms with van der Waals surface area (Å²) in [4.78, 5) is 39.9. The molecule has 3 heterocycles. The van der Waals surface area contributed by atoms with Crippen molar-refractivity contribution >= 4 is 23.6 Å². The van der Waals surface area contributed by atoms with Crippen LogP contribution in [0.2, 0.25) is 0 Å². The average molecular weight is 471 g/mol. The largest absolute Gasteiger partial charge is 0.491 e. The molecule has 2 aliphatic rings. The Bertz CT molecular complexity index is 1110. The second kappa shape index (κ2) is 9.44. The van der Waals surface area contributed by atoms with Crippen LogP contribution in [0.5, 0.6) is 5.75 Å². The number of aromatic nitrogens is 2. The SMILES string of the molecule is CCOc1ccc([C@@H](C)Nc2nc(N3CCN(C)C(=O)C3)nc3c2CN(C(C)C)C3=O)cc1F. The van der Waals surface area contributed by atoms with E-state index in [1.165, 1.54) is 6.07 Å². The van der Waals surface area contributed by atoms with Crippen molar-refractivity contribution in [3.63, 3.8) is 0 Å². The molecule has 0 bridgehead atoms. The Morgan fingerprint density at radius 1 is 1.15 bits per heavy atom. The number of hydrogen-bond donors (Lipinski definition) is 1. The smallest absolute Gasteiger partial charge is 0.273 e. The van der Waals surface area contributed by atoms with E-state index in [-0.39, 0.29) is 36.2 Å². The third kappa shape index (κ3) is 4.49. The first-order valence-corrected chi connectivity index (χ1v) is 11.6. The number of ether oxygens (including phenoxy) is 1. The van der Waals surface area contributed by atoms with E-state index in [1.54, 1.807) is 40.8 Å². The summed E-state index contributed by atoms with van der Waals surface area (Å²) in [5.74, 6) is 0.451. The quantitative estimate of drug-likeness (QED) is 0.665. The van der Waals surface area contributed by atoms with E-state index in [0.717, 1.165) is 5.56 Å². The summed E-state index contributed by atoms with van der Waals surface area (Å²) in [5, 5.41) is 3.36. The summed E-state index contributed by atoms with van der Waals surface area (Å²) in [5.41, 5.74) is 1.77. The van der Waals surface area contributed by atoms with Crippen molar-refractivity contribution in [1.82, 2.24) is 19.8 Å². The molecule has 1 N–H and O–H groups in total. The zero-order valence-electron chi connectivity index (χ0n) is 20.3. The van der Waals surface area contributed by atoms with Crippen LogP contribution in [0.25, 0.3) is 0 Å². The van der Waals surface area contributed by atoms with Crippen LogP contribution in [-0.4, -0.2) is 70.9 Å². The molecule has 1 atom stereocenters. The van der Waals surface area contributed by atoms with E-state index in [2.05, 4.69) is 10.3 Å². The number of likely N-dealkylation sites (N-methyl/N-ethyl adjacent to an activating group) is 1. The van der Waals surface area contributed by atoms with Crippen molar-refractivity contribution in [3.05, 3.63) is 40.8 Å². The highest BCUT2D eigenvalue weighted by molar-refractivity contribution is 5.98. The van der Waals surface area contributed by atoms with Gasteiger partial charge in [-0.1, -0.05) is 6.07 Å². The molecule has 4 rings (SSSR count). The van der Waals surface area contributed by atoms with E-state index in [1.807, 2.05) is 20.8 Å². The molecular formula is C24H31FN6O3. The van der Waals surface area contributed by atoms with Gasteiger partial charge in [0, 0.05) is 31.7 Å². The van der Waals surface area contributed by atoms with Gasteiger partial charge in [-0.3, -0.25) is 9.59 Å². The maximum absolute atomic E-state index is 14.5. The van der Waals surface area contributed by atoms with Crippen molar-refractivity contribution in [2.24, 2.45) is 0 Å². The van der Waals surface area contributed by atoms with E-state index in [4.69, 9.17) is 9.72 Å². The molecule has 2 amide bonds. The van der Waals surface area contributed by atoms with Gasteiger partial charge in [0.15, 0.2) is 11.6 Å². The van der Waals surface area contributed by atoms with Gasteiger partial charge >= 0.3 is 0 Å². The Morgan fingerprint density at radius 2 is 1.91 bits per heavy atom. The molecule has 1 aromatic heterocycles. The minimum atomic E-state index is -0.432. The molecule has 10 heteroatoms. The highest BCUT2D eigenvalue weighted by atomic mass is 19.1. The van der Waals surface area contributed by atoms with E-state index in [9.17, 15) is 14.0 Å². The number of anilines is 2. The lowest BCUT2D eigenvalue weighted by Gasteiger charge is -2.32. The van der Waals surface area contributed by atoms with Crippen molar-refractivity contribution < 1.29 is 18.7 Å². The van der Waals surface area contributed by atoms with Crippen LogP contribution in [0.15, 0.2) is 18.2 Å². The summed E-state index contributed by atoms with van der Waals surface area (Å²) in [7, 11) is 1.76. The fourth-order valence-corrected chi connectivity index (χ4v) is 4.13. The average Bonchev–Trinajstić information content (AvgIpc) is 3.14. The zero-order chi connectivity index (χ0) is 24.6. The zero-order valence-corrected chi connectivity index (χ0v) is 20.3. The molecule has 2 aromatic rings. The summed E-state index contributed by atoms with van der Waals surface area (Å²) in [6.07, 6.45) is 0. The standard InChI is InChI=1S/C24H31FN6O3/c1-6-34-19-8-7-16(11-18(19)25)15(4)26-22-17-12-31(14(2)3)23(33)21(17)27-24(28-22)30-10-9-29(5)20(32)13-30/h7-8,11,14-15H,6,9-10,12-13H2,1-5H3,(H,26,27,28)/t15-/m1/s1. The van der Waals surface area contributed by atoms with Gasteiger partial charge < -0.3 is 24.8 Å². The molecule has 0 saturated carbocycles. The number of piperazine rings is 1. The molecule has 2 aliphatic heterocycles. The minimum Gasteiger partial charge on any atom is -0.491 e. The Balaban J connectivity index is 1.68. The summed E-state index contributed by atoms with van der Waals surface area (Å²) >= 11 is 0. The molecule has 0 unspecified atom stereocenters. The molecule has 0 radical (unpaired) electrons. The lowest BCUT2D eigenvalue weighted by atomic mass is 10.1. The van der Waals surface area contributed by atoms with Gasteiger partial charge in [-0.25, -0.2) is 9.37 Å². The summed E-state index contributed by atoms with van der Waals surface area (Å²) in [6.45, 7) is 9.66. The van der Waals surface area contributed by atoms with E-state index in [0.29, 0.717) is 49.3 Å². The molecular weight excluding hydrogens is 439 g/mol. The van der Waals surface area contributed by atoms with Crippen molar-refractivity contribution in [1.29, 1.82) is 0 Å². The first-order valence-electron chi connectivity index (χ1n) is 11.6. The van der Waals surface area contributed by atoms with Crippen molar-refractivity contribution in [2.45, 2.75) is 46.3 Å². The van der Waals surface area contributed by atoms with Crippen LogP contribution in [0, 0.1) is 5.82 Å². The van der Waals surface area contributed by atoms with Crippen LogP contribution < -0.4 is 15.0 Å². The second-order valence-electron chi connectivity index (χ2n) is 8.95. The molecule has 182 valence electrons. The third-order valence-corrected chi connectivity index (χ3v) is 6.26. The first-order chi connectivity index (χ1) is 16.2. The van der Waals surface area contributed by atoms with Gasteiger partial charge in [-0.05, 0) is 45.4 Å². The molecule has 1 saturated heterocycles. The van der Waals surface area contributed by atoms with Gasteiger partial charge in [0.05, 0.1) is 25.7 Å².